The molecule has 102 valence electrons. The third kappa shape index (κ3) is 2.56. The Morgan fingerprint density at radius 2 is 1.53 bits per heavy atom. The summed E-state index contributed by atoms with van der Waals surface area (Å²) in [6.07, 6.45) is -9.30. The zero-order valence-corrected chi connectivity index (χ0v) is 9.10. The Labute approximate surface area is 102 Å². The number of halogens is 6. The maximum atomic E-state index is 12.5. The van der Waals surface area contributed by atoms with Gasteiger partial charge in [-0.3, -0.25) is 0 Å². The number of aromatic nitrogens is 1. The molecule has 0 aliphatic carbocycles. The second-order valence-electron chi connectivity index (χ2n) is 3.82. The fourth-order valence-electron chi connectivity index (χ4n) is 1.57. The van der Waals surface area contributed by atoms with E-state index in [1.54, 1.807) is 0 Å². The standard InChI is InChI=1S/C11H6F6N2/c12-10(13,14)5-1-2-8-6(3-5)7(18)4-9(19-8)11(15,16)17/h1-4H,(H2,18,19). The molecule has 2 N–H and O–H groups in total. The van der Waals surface area contributed by atoms with E-state index in [9.17, 15) is 26.3 Å². The first-order valence-electron chi connectivity index (χ1n) is 4.94. The predicted molar refractivity (Wildman–Crippen MR) is 56.2 cm³/mol. The van der Waals surface area contributed by atoms with Crippen molar-refractivity contribution in [3.05, 3.63) is 35.5 Å². The highest BCUT2D eigenvalue weighted by molar-refractivity contribution is 5.90. The zero-order chi connectivity index (χ0) is 14.4. The Kier molecular flexibility index (Phi) is 2.83. The smallest absolute Gasteiger partial charge is 0.398 e. The van der Waals surface area contributed by atoms with Gasteiger partial charge in [0.25, 0.3) is 0 Å². The molecule has 0 bridgehead atoms. The molecule has 1 aromatic heterocycles. The molecule has 1 heterocycles. The van der Waals surface area contributed by atoms with Gasteiger partial charge in [-0.15, -0.1) is 0 Å². The van der Waals surface area contributed by atoms with E-state index in [-0.39, 0.29) is 10.9 Å². The van der Waals surface area contributed by atoms with Crippen LogP contribution in [0, 0.1) is 0 Å². The van der Waals surface area contributed by atoms with Gasteiger partial charge in [0.1, 0.15) is 5.69 Å². The molecule has 19 heavy (non-hydrogen) atoms. The largest absolute Gasteiger partial charge is 0.433 e. The van der Waals surface area contributed by atoms with Gasteiger partial charge in [0.15, 0.2) is 0 Å². The van der Waals surface area contributed by atoms with Crippen LogP contribution in [0.15, 0.2) is 24.3 Å². The summed E-state index contributed by atoms with van der Waals surface area (Å²) in [7, 11) is 0. The molecule has 1 aromatic carbocycles. The first kappa shape index (κ1) is 13.4. The second kappa shape index (κ2) is 4.01. The van der Waals surface area contributed by atoms with Crippen LogP contribution in [0.2, 0.25) is 0 Å². The lowest BCUT2D eigenvalue weighted by Gasteiger charge is -2.11. The first-order chi connectivity index (χ1) is 8.59. The number of pyridine rings is 1. The summed E-state index contributed by atoms with van der Waals surface area (Å²) < 4.78 is 74.8. The van der Waals surface area contributed by atoms with Gasteiger partial charge in [-0.1, -0.05) is 0 Å². The summed E-state index contributed by atoms with van der Waals surface area (Å²) in [5.74, 6) is 0. The molecule has 0 spiro atoms. The molecular formula is C11H6F6N2. The molecule has 0 radical (unpaired) electrons. The number of benzene rings is 1. The molecule has 0 unspecified atom stereocenters. The molecule has 2 rings (SSSR count). The molecular weight excluding hydrogens is 274 g/mol. The lowest BCUT2D eigenvalue weighted by atomic mass is 10.1. The van der Waals surface area contributed by atoms with Crippen molar-refractivity contribution in [3.63, 3.8) is 0 Å². The highest BCUT2D eigenvalue weighted by Crippen LogP contribution is 2.35. The van der Waals surface area contributed by atoms with Crippen molar-refractivity contribution in [3.8, 4) is 0 Å². The van der Waals surface area contributed by atoms with Crippen molar-refractivity contribution in [2.75, 3.05) is 5.73 Å². The molecule has 8 heteroatoms. The molecule has 0 aliphatic heterocycles. The molecule has 0 saturated carbocycles. The maximum Gasteiger partial charge on any atom is 0.433 e. The second-order valence-corrected chi connectivity index (χ2v) is 3.82. The van der Waals surface area contributed by atoms with Crippen molar-refractivity contribution in [1.29, 1.82) is 0 Å². The van der Waals surface area contributed by atoms with Gasteiger partial charge in [0, 0.05) is 11.1 Å². The first-order valence-corrected chi connectivity index (χ1v) is 4.94. The fourth-order valence-corrected chi connectivity index (χ4v) is 1.57. The van der Waals surface area contributed by atoms with Gasteiger partial charge in [0.05, 0.1) is 11.1 Å². The van der Waals surface area contributed by atoms with Crippen LogP contribution < -0.4 is 5.73 Å². The van der Waals surface area contributed by atoms with Crippen LogP contribution in [0.3, 0.4) is 0 Å². The van der Waals surface area contributed by atoms with Gasteiger partial charge < -0.3 is 5.73 Å². The van der Waals surface area contributed by atoms with Crippen LogP contribution in [0.1, 0.15) is 11.3 Å². The van der Waals surface area contributed by atoms with Crippen molar-refractivity contribution in [2.24, 2.45) is 0 Å². The number of hydrogen-bond acceptors (Lipinski definition) is 2. The highest BCUT2D eigenvalue weighted by Gasteiger charge is 2.34. The Morgan fingerprint density at radius 1 is 0.895 bits per heavy atom. The topological polar surface area (TPSA) is 38.9 Å². The monoisotopic (exact) mass is 280 g/mol. The summed E-state index contributed by atoms with van der Waals surface area (Å²) in [6.45, 7) is 0. The quantitative estimate of drug-likeness (QED) is 0.744. The van der Waals surface area contributed by atoms with E-state index in [2.05, 4.69) is 4.98 Å². The highest BCUT2D eigenvalue weighted by atomic mass is 19.4. The van der Waals surface area contributed by atoms with E-state index in [4.69, 9.17) is 5.73 Å². The van der Waals surface area contributed by atoms with Crippen molar-refractivity contribution >= 4 is 16.6 Å². The summed E-state index contributed by atoms with van der Waals surface area (Å²) >= 11 is 0. The Bertz CT molecular complexity index is 629. The van der Waals surface area contributed by atoms with Crippen LogP contribution in [0.25, 0.3) is 10.9 Å². The molecule has 2 aromatic rings. The number of nitrogens with zero attached hydrogens (tertiary/aromatic N) is 1. The van der Waals surface area contributed by atoms with Crippen LogP contribution in [0.4, 0.5) is 32.0 Å². The number of hydrogen-bond donors (Lipinski definition) is 1. The third-order valence-corrected chi connectivity index (χ3v) is 2.46. The SMILES string of the molecule is Nc1cc(C(F)(F)F)nc2ccc(C(F)(F)F)cc12. The predicted octanol–water partition coefficient (Wildman–Crippen LogP) is 3.85. The number of alkyl halides is 6. The van der Waals surface area contributed by atoms with Crippen LogP contribution in [-0.4, -0.2) is 4.98 Å². The van der Waals surface area contributed by atoms with E-state index in [1.807, 2.05) is 0 Å². The summed E-state index contributed by atoms with van der Waals surface area (Å²) in [5, 5.41) is -0.164. The third-order valence-electron chi connectivity index (χ3n) is 2.46. The van der Waals surface area contributed by atoms with Crippen LogP contribution >= 0.6 is 0 Å². The minimum absolute atomic E-state index is 0.164. The van der Waals surface area contributed by atoms with Crippen molar-refractivity contribution in [2.45, 2.75) is 12.4 Å². The summed E-state index contributed by atoms with van der Waals surface area (Å²) in [5.41, 5.74) is 2.49. The number of nitrogens with two attached hydrogens (primary N) is 1. The fraction of sp³-hybridized carbons (Fsp3) is 0.182. The molecule has 0 amide bonds. The lowest BCUT2D eigenvalue weighted by molar-refractivity contribution is -0.141. The Hall–Kier alpha value is -1.99. The number of rotatable bonds is 0. The minimum atomic E-state index is -4.70. The Balaban J connectivity index is 2.67. The van der Waals surface area contributed by atoms with E-state index >= 15 is 0 Å². The van der Waals surface area contributed by atoms with E-state index in [0.717, 1.165) is 6.07 Å². The summed E-state index contributed by atoms with van der Waals surface area (Å²) in [4.78, 5) is 3.26. The van der Waals surface area contributed by atoms with E-state index < -0.39 is 29.3 Å². The minimum Gasteiger partial charge on any atom is -0.398 e. The average Bonchev–Trinajstić information content (AvgIpc) is 2.26. The molecule has 0 saturated heterocycles. The maximum absolute atomic E-state index is 12.5. The number of anilines is 1. The number of nitrogen functional groups attached to an aromatic ring is 1. The summed E-state index contributed by atoms with van der Waals surface area (Å²) in [6, 6.07) is 2.72. The molecule has 2 nitrogen and oxygen atoms in total. The molecule has 0 atom stereocenters. The average molecular weight is 280 g/mol. The van der Waals surface area contributed by atoms with E-state index in [0.29, 0.717) is 18.2 Å². The van der Waals surface area contributed by atoms with Gasteiger partial charge in [-0.2, -0.15) is 26.3 Å². The van der Waals surface area contributed by atoms with Gasteiger partial charge in [-0.05, 0) is 24.3 Å². The Morgan fingerprint density at radius 3 is 2.05 bits per heavy atom. The van der Waals surface area contributed by atoms with Gasteiger partial charge >= 0.3 is 12.4 Å². The van der Waals surface area contributed by atoms with Crippen molar-refractivity contribution in [1.82, 2.24) is 4.98 Å². The molecule has 0 fully saturated rings. The van der Waals surface area contributed by atoms with Crippen molar-refractivity contribution < 1.29 is 26.3 Å². The molecule has 0 aliphatic rings. The van der Waals surface area contributed by atoms with E-state index in [1.165, 1.54) is 0 Å². The van der Waals surface area contributed by atoms with Crippen LogP contribution in [0.5, 0.6) is 0 Å². The van der Waals surface area contributed by atoms with Gasteiger partial charge in [-0.25, -0.2) is 4.98 Å². The number of fused-ring (bicyclic) bond motifs is 1. The lowest BCUT2D eigenvalue weighted by Crippen LogP contribution is -2.10. The normalized spacial score (nSPS) is 12.9. The zero-order valence-electron chi connectivity index (χ0n) is 9.10. The van der Waals surface area contributed by atoms with Crippen LogP contribution in [-0.2, 0) is 12.4 Å². The van der Waals surface area contributed by atoms with Gasteiger partial charge in [0.2, 0.25) is 0 Å².